The Bertz CT molecular complexity index is 284. The van der Waals surface area contributed by atoms with Gasteiger partial charge in [-0.3, -0.25) is 0 Å². The molecule has 0 amide bonds. The van der Waals surface area contributed by atoms with Gasteiger partial charge in [0.1, 0.15) is 6.10 Å². The van der Waals surface area contributed by atoms with Crippen LogP contribution in [0, 0.1) is 0 Å². The Hall–Kier alpha value is -0.650. The first kappa shape index (κ1) is 10.9. The van der Waals surface area contributed by atoms with Crippen molar-refractivity contribution in [1.82, 2.24) is 0 Å². The molecular weight excluding hydrogens is 200 g/mol. The van der Waals surface area contributed by atoms with E-state index in [2.05, 4.69) is 0 Å². The molecule has 2 rings (SSSR count). The van der Waals surface area contributed by atoms with Crippen LogP contribution >= 0.6 is 0 Å². The molecule has 5 nitrogen and oxygen atoms in total. The number of ether oxygens (including phenoxy) is 4. The molecule has 86 valence electrons. The molecule has 2 fully saturated rings. The predicted octanol–water partition coefficient (Wildman–Crippen LogP) is 0.816. The van der Waals surface area contributed by atoms with Crippen LogP contribution in [0.2, 0.25) is 0 Å². The summed E-state index contributed by atoms with van der Waals surface area (Å²) in [6.45, 7) is 7.36. The normalized spacial score (nSPS) is 38.0. The van der Waals surface area contributed by atoms with Crippen molar-refractivity contribution in [2.75, 3.05) is 6.61 Å². The molecule has 0 aromatic heterocycles. The average Bonchev–Trinajstić information content (AvgIpc) is 2.51. The van der Waals surface area contributed by atoms with Gasteiger partial charge in [-0.15, -0.1) is 0 Å². The second-order valence-corrected chi connectivity index (χ2v) is 4.73. The van der Waals surface area contributed by atoms with E-state index in [1.807, 2.05) is 0 Å². The van der Waals surface area contributed by atoms with Gasteiger partial charge in [0, 0.05) is 13.8 Å². The fourth-order valence-corrected chi connectivity index (χ4v) is 1.77. The Morgan fingerprint density at radius 3 is 2.20 bits per heavy atom. The Morgan fingerprint density at radius 2 is 1.80 bits per heavy atom. The second-order valence-electron chi connectivity index (χ2n) is 4.73. The summed E-state index contributed by atoms with van der Waals surface area (Å²) in [5, 5.41) is 0. The SMILES string of the molecule is CC1(C)OC[C@@H]([C@@H]2OC(C)(C)OC2=O)O1. The molecule has 0 N–H and O–H groups in total. The number of carbonyl (C=O) groups excluding carboxylic acids is 1. The van der Waals surface area contributed by atoms with Gasteiger partial charge in [0.2, 0.25) is 5.79 Å². The zero-order chi connectivity index (χ0) is 11.3. The van der Waals surface area contributed by atoms with Crippen molar-refractivity contribution >= 4 is 5.97 Å². The van der Waals surface area contributed by atoms with Gasteiger partial charge >= 0.3 is 5.97 Å². The molecule has 0 saturated carbocycles. The molecule has 2 aliphatic rings. The molecule has 0 spiro atoms. The molecule has 2 aliphatic heterocycles. The fourth-order valence-electron chi connectivity index (χ4n) is 1.77. The number of esters is 1. The first-order chi connectivity index (χ1) is 6.79. The van der Waals surface area contributed by atoms with Crippen LogP contribution in [0.1, 0.15) is 27.7 Å². The van der Waals surface area contributed by atoms with Gasteiger partial charge in [0.25, 0.3) is 0 Å². The van der Waals surface area contributed by atoms with Gasteiger partial charge in [0.05, 0.1) is 6.61 Å². The van der Waals surface area contributed by atoms with Crippen molar-refractivity contribution in [3.05, 3.63) is 0 Å². The van der Waals surface area contributed by atoms with E-state index >= 15 is 0 Å². The van der Waals surface area contributed by atoms with Gasteiger partial charge in [-0.1, -0.05) is 0 Å². The van der Waals surface area contributed by atoms with Gasteiger partial charge in [0.15, 0.2) is 11.9 Å². The fraction of sp³-hybridized carbons (Fsp3) is 0.900. The molecule has 2 heterocycles. The minimum absolute atomic E-state index is 0.350. The van der Waals surface area contributed by atoms with Crippen LogP contribution in [0.3, 0.4) is 0 Å². The third kappa shape index (κ3) is 2.14. The third-order valence-corrected chi connectivity index (χ3v) is 2.36. The van der Waals surface area contributed by atoms with E-state index in [9.17, 15) is 4.79 Å². The lowest BCUT2D eigenvalue weighted by Crippen LogP contribution is -2.36. The molecule has 0 radical (unpaired) electrons. The van der Waals surface area contributed by atoms with Crippen LogP contribution in [0.4, 0.5) is 0 Å². The van der Waals surface area contributed by atoms with Crippen molar-refractivity contribution in [2.45, 2.75) is 51.5 Å². The average molecular weight is 216 g/mol. The van der Waals surface area contributed by atoms with E-state index in [1.165, 1.54) is 0 Å². The summed E-state index contributed by atoms with van der Waals surface area (Å²) in [4.78, 5) is 11.5. The molecule has 2 atom stereocenters. The quantitative estimate of drug-likeness (QED) is 0.607. The first-order valence-corrected chi connectivity index (χ1v) is 5.02. The first-order valence-electron chi connectivity index (χ1n) is 5.02. The molecule has 0 unspecified atom stereocenters. The smallest absolute Gasteiger partial charge is 0.340 e. The zero-order valence-corrected chi connectivity index (χ0v) is 9.40. The highest BCUT2D eigenvalue weighted by Crippen LogP contribution is 2.32. The number of hydrogen-bond acceptors (Lipinski definition) is 5. The molecule has 0 aliphatic carbocycles. The maximum absolute atomic E-state index is 11.5. The van der Waals surface area contributed by atoms with Gasteiger partial charge in [-0.2, -0.15) is 0 Å². The number of carbonyl (C=O) groups is 1. The molecule has 15 heavy (non-hydrogen) atoms. The molecule has 5 heteroatoms. The second kappa shape index (κ2) is 3.17. The van der Waals surface area contributed by atoms with Gasteiger partial charge in [-0.25, -0.2) is 4.79 Å². The highest BCUT2D eigenvalue weighted by atomic mass is 16.8. The minimum atomic E-state index is -0.863. The lowest BCUT2D eigenvalue weighted by atomic mass is 10.2. The Morgan fingerprint density at radius 1 is 1.13 bits per heavy atom. The standard InChI is InChI=1S/C10H16O5/c1-9(2)12-5-6(13-9)7-8(11)15-10(3,4)14-7/h6-7H,5H2,1-4H3/t6-,7-/m0/s1. The van der Waals surface area contributed by atoms with E-state index in [1.54, 1.807) is 27.7 Å². The Kier molecular flexibility index (Phi) is 2.29. The van der Waals surface area contributed by atoms with Crippen LogP contribution in [-0.4, -0.2) is 36.4 Å². The highest BCUT2D eigenvalue weighted by molar-refractivity contribution is 5.77. The van der Waals surface area contributed by atoms with E-state index in [4.69, 9.17) is 18.9 Å². The molecule has 2 saturated heterocycles. The number of rotatable bonds is 1. The number of cyclic esters (lactones) is 1. The molecular formula is C10H16O5. The highest BCUT2D eigenvalue weighted by Gasteiger charge is 2.49. The summed E-state index contributed by atoms with van der Waals surface area (Å²) in [7, 11) is 0. The maximum Gasteiger partial charge on any atom is 0.340 e. The summed E-state index contributed by atoms with van der Waals surface area (Å²) in [5.74, 6) is -1.90. The van der Waals surface area contributed by atoms with Gasteiger partial charge < -0.3 is 18.9 Å². The maximum atomic E-state index is 11.5. The lowest BCUT2D eigenvalue weighted by molar-refractivity contribution is -0.175. The van der Waals surface area contributed by atoms with Crippen LogP contribution in [0.5, 0.6) is 0 Å². The van der Waals surface area contributed by atoms with Crippen molar-refractivity contribution in [1.29, 1.82) is 0 Å². The largest absolute Gasteiger partial charge is 0.432 e. The van der Waals surface area contributed by atoms with Crippen LogP contribution < -0.4 is 0 Å². The third-order valence-electron chi connectivity index (χ3n) is 2.36. The van der Waals surface area contributed by atoms with Crippen LogP contribution in [-0.2, 0) is 23.7 Å². The molecule has 0 aromatic rings. The van der Waals surface area contributed by atoms with E-state index in [0.717, 1.165) is 0 Å². The van der Waals surface area contributed by atoms with Crippen LogP contribution in [0.15, 0.2) is 0 Å². The predicted molar refractivity (Wildman–Crippen MR) is 49.9 cm³/mol. The summed E-state index contributed by atoms with van der Waals surface area (Å²) < 4.78 is 21.4. The Labute approximate surface area is 88.6 Å². The lowest BCUT2D eigenvalue weighted by Gasteiger charge is -2.20. The van der Waals surface area contributed by atoms with Crippen molar-refractivity contribution in [3.63, 3.8) is 0 Å². The molecule has 0 aromatic carbocycles. The summed E-state index contributed by atoms with van der Waals surface area (Å²) in [6.07, 6.45) is -1.06. The van der Waals surface area contributed by atoms with Crippen molar-refractivity contribution in [2.24, 2.45) is 0 Å². The topological polar surface area (TPSA) is 54.0 Å². The monoisotopic (exact) mass is 216 g/mol. The summed E-state index contributed by atoms with van der Waals surface area (Å²) in [6, 6.07) is 0. The molecule has 0 bridgehead atoms. The Balaban J connectivity index is 2.04. The van der Waals surface area contributed by atoms with E-state index in [0.29, 0.717) is 6.61 Å². The van der Waals surface area contributed by atoms with Crippen molar-refractivity contribution < 1.29 is 23.7 Å². The minimum Gasteiger partial charge on any atom is -0.432 e. The summed E-state index contributed by atoms with van der Waals surface area (Å²) >= 11 is 0. The number of hydrogen-bond donors (Lipinski definition) is 0. The zero-order valence-electron chi connectivity index (χ0n) is 9.40. The van der Waals surface area contributed by atoms with E-state index in [-0.39, 0.29) is 12.1 Å². The van der Waals surface area contributed by atoms with E-state index < -0.39 is 17.7 Å². The van der Waals surface area contributed by atoms with Crippen LogP contribution in [0.25, 0.3) is 0 Å². The summed E-state index contributed by atoms with van der Waals surface area (Å²) in [5.41, 5.74) is 0. The van der Waals surface area contributed by atoms with Crippen molar-refractivity contribution in [3.8, 4) is 0 Å². The van der Waals surface area contributed by atoms with Gasteiger partial charge in [-0.05, 0) is 13.8 Å².